The van der Waals surface area contributed by atoms with Gasteiger partial charge in [-0.05, 0) is 66.8 Å². The monoisotopic (exact) mass is 364 g/mol. The Morgan fingerprint density at radius 2 is 1.85 bits per heavy atom. The Bertz CT molecular complexity index is 734. The Balaban J connectivity index is 1.70. The average molecular weight is 365 g/mol. The molecule has 1 heteroatoms. The van der Waals surface area contributed by atoms with Gasteiger partial charge in [-0.2, -0.15) is 0 Å². The van der Waals surface area contributed by atoms with Gasteiger partial charge in [0.25, 0.3) is 0 Å². The number of rotatable bonds is 3. The highest BCUT2D eigenvalue weighted by atomic mass is 16.3. The van der Waals surface area contributed by atoms with E-state index >= 15 is 0 Å². The van der Waals surface area contributed by atoms with Gasteiger partial charge in [0.15, 0.2) is 0 Å². The van der Waals surface area contributed by atoms with Crippen LogP contribution < -0.4 is 0 Å². The summed E-state index contributed by atoms with van der Waals surface area (Å²) in [6, 6.07) is 10.4. The summed E-state index contributed by atoms with van der Waals surface area (Å²) in [5, 5.41) is 11.4. The van der Waals surface area contributed by atoms with E-state index in [0.29, 0.717) is 11.8 Å². The van der Waals surface area contributed by atoms with Crippen molar-refractivity contribution in [3.8, 4) is 0 Å². The molecular formula is C26H36O. The molecule has 27 heavy (non-hydrogen) atoms. The molecule has 0 saturated heterocycles. The second-order valence-corrected chi connectivity index (χ2v) is 10.3. The number of aliphatic hydroxyl groups excluding tert-OH is 1. The minimum absolute atomic E-state index is 0.0423. The molecule has 0 spiro atoms. The fraction of sp³-hybridized carbons (Fsp3) is 0.615. The summed E-state index contributed by atoms with van der Waals surface area (Å²) >= 11 is 0. The van der Waals surface area contributed by atoms with Gasteiger partial charge in [-0.15, -0.1) is 6.58 Å². The van der Waals surface area contributed by atoms with Crippen molar-refractivity contribution in [3.63, 3.8) is 0 Å². The van der Waals surface area contributed by atoms with Gasteiger partial charge < -0.3 is 5.11 Å². The molecule has 1 N–H and O–H groups in total. The van der Waals surface area contributed by atoms with E-state index in [1.807, 2.05) is 6.07 Å². The molecule has 4 rings (SSSR count). The van der Waals surface area contributed by atoms with Gasteiger partial charge in [0.05, 0.1) is 6.10 Å². The predicted octanol–water partition coefficient (Wildman–Crippen LogP) is 6.86. The van der Waals surface area contributed by atoms with Crippen molar-refractivity contribution in [3.05, 3.63) is 60.2 Å². The molecular weight excluding hydrogens is 328 g/mol. The van der Waals surface area contributed by atoms with E-state index in [1.54, 1.807) is 5.57 Å². The second-order valence-electron chi connectivity index (χ2n) is 10.3. The van der Waals surface area contributed by atoms with Crippen LogP contribution in [0.4, 0.5) is 0 Å². The lowest BCUT2D eigenvalue weighted by Crippen LogP contribution is -2.52. The van der Waals surface area contributed by atoms with Crippen molar-refractivity contribution in [2.45, 2.75) is 71.8 Å². The summed E-state index contributed by atoms with van der Waals surface area (Å²) in [7, 11) is 0. The van der Waals surface area contributed by atoms with Crippen molar-refractivity contribution < 1.29 is 5.11 Å². The predicted molar refractivity (Wildman–Crippen MR) is 113 cm³/mol. The molecule has 0 heterocycles. The number of allylic oxidation sites excluding steroid dienone is 3. The molecule has 1 aromatic rings. The van der Waals surface area contributed by atoms with Crippen molar-refractivity contribution in [1.29, 1.82) is 0 Å². The molecule has 2 fully saturated rings. The van der Waals surface area contributed by atoms with Gasteiger partial charge in [-0.3, -0.25) is 0 Å². The van der Waals surface area contributed by atoms with Crippen LogP contribution in [-0.2, 0) is 0 Å². The normalized spacial score (nSPS) is 42.4. The van der Waals surface area contributed by atoms with E-state index in [-0.39, 0.29) is 22.3 Å². The Morgan fingerprint density at radius 3 is 2.56 bits per heavy atom. The average Bonchev–Trinajstić information content (AvgIpc) is 2.67. The molecule has 0 radical (unpaired) electrons. The van der Waals surface area contributed by atoms with Crippen LogP contribution in [0.15, 0.2) is 54.6 Å². The van der Waals surface area contributed by atoms with E-state index in [4.69, 9.17) is 0 Å². The highest BCUT2D eigenvalue weighted by Crippen LogP contribution is 2.66. The van der Waals surface area contributed by atoms with Crippen LogP contribution in [-0.4, -0.2) is 5.11 Å². The van der Waals surface area contributed by atoms with Crippen LogP contribution in [0, 0.1) is 28.1 Å². The highest BCUT2D eigenvalue weighted by molar-refractivity contribution is 5.30. The lowest BCUT2D eigenvalue weighted by atomic mass is 9.45. The van der Waals surface area contributed by atoms with Crippen LogP contribution >= 0.6 is 0 Å². The maximum Gasteiger partial charge on any atom is 0.0846 e. The number of hydrogen-bond donors (Lipinski definition) is 1. The first-order valence-corrected chi connectivity index (χ1v) is 10.9. The smallest absolute Gasteiger partial charge is 0.0846 e. The van der Waals surface area contributed by atoms with Gasteiger partial charge in [0.1, 0.15) is 0 Å². The molecule has 0 aromatic heterocycles. The molecule has 6 atom stereocenters. The quantitative estimate of drug-likeness (QED) is 0.581. The van der Waals surface area contributed by atoms with E-state index in [0.717, 1.165) is 18.4 Å². The third kappa shape index (κ3) is 2.94. The van der Waals surface area contributed by atoms with Gasteiger partial charge >= 0.3 is 0 Å². The first-order valence-electron chi connectivity index (χ1n) is 10.9. The fourth-order valence-electron chi connectivity index (χ4n) is 7.01. The largest absolute Gasteiger partial charge is 0.388 e. The van der Waals surface area contributed by atoms with E-state index in [9.17, 15) is 5.11 Å². The minimum atomic E-state index is -0.373. The van der Waals surface area contributed by atoms with Crippen molar-refractivity contribution in [2.75, 3.05) is 0 Å². The fourth-order valence-corrected chi connectivity index (χ4v) is 7.01. The third-order valence-corrected chi connectivity index (χ3v) is 8.61. The summed E-state index contributed by atoms with van der Waals surface area (Å²) in [4.78, 5) is 0. The topological polar surface area (TPSA) is 20.2 Å². The van der Waals surface area contributed by atoms with Gasteiger partial charge in [-0.1, -0.05) is 75.2 Å². The molecule has 3 aliphatic carbocycles. The summed E-state index contributed by atoms with van der Waals surface area (Å²) in [6.45, 7) is 11.4. The zero-order chi connectivity index (χ0) is 19.3. The van der Waals surface area contributed by atoms with E-state index in [1.165, 1.54) is 32.1 Å². The Kier molecular flexibility index (Phi) is 4.66. The van der Waals surface area contributed by atoms with Crippen molar-refractivity contribution in [1.82, 2.24) is 0 Å². The number of fused-ring (bicyclic) bond motifs is 3. The SMILES string of the molecule is C=C[C@@]1(C)CC=C2[C@@H](CC[C@H]3[C@@]2(C)CCC[C@@]3(C)C(O)c2ccccc2)C1. The molecule has 1 nitrogen and oxygen atoms in total. The van der Waals surface area contributed by atoms with E-state index < -0.39 is 0 Å². The van der Waals surface area contributed by atoms with Gasteiger partial charge in [0, 0.05) is 5.41 Å². The first-order chi connectivity index (χ1) is 12.8. The maximum atomic E-state index is 11.4. The van der Waals surface area contributed by atoms with Crippen LogP contribution in [0.5, 0.6) is 0 Å². The Labute approximate surface area is 165 Å². The van der Waals surface area contributed by atoms with Crippen LogP contribution in [0.1, 0.15) is 77.4 Å². The lowest BCUT2D eigenvalue weighted by molar-refractivity contribution is -0.101. The van der Waals surface area contributed by atoms with Crippen LogP contribution in [0.2, 0.25) is 0 Å². The number of hydrogen-bond acceptors (Lipinski definition) is 1. The third-order valence-electron chi connectivity index (χ3n) is 8.61. The molecule has 0 bridgehead atoms. The van der Waals surface area contributed by atoms with Gasteiger partial charge in [-0.25, -0.2) is 0 Å². The summed E-state index contributed by atoms with van der Waals surface area (Å²) < 4.78 is 0. The first kappa shape index (κ1) is 19.0. The Morgan fingerprint density at radius 1 is 1.11 bits per heavy atom. The maximum absolute atomic E-state index is 11.4. The highest BCUT2D eigenvalue weighted by Gasteiger charge is 2.57. The zero-order valence-corrected chi connectivity index (χ0v) is 17.4. The molecule has 2 saturated carbocycles. The molecule has 1 unspecified atom stereocenters. The number of benzene rings is 1. The summed E-state index contributed by atoms with van der Waals surface area (Å²) in [5.41, 5.74) is 3.26. The second kappa shape index (κ2) is 6.62. The standard InChI is InChI=1S/C26H36O/c1-5-24(2)17-14-21-20(18-24)12-13-22-25(21,3)15-9-16-26(22,4)23(27)19-10-7-6-8-11-19/h5-8,10-11,14,20,22-23,27H,1,9,12-13,15-18H2,2-4H3/t20-,22-,23?,24-,25-,26+/m0/s1. The Hall–Kier alpha value is -1.34. The molecule has 146 valence electrons. The van der Waals surface area contributed by atoms with Crippen LogP contribution in [0.25, 0.3) is 0 Å². The molecule has 0 aliphatic heterocycles. The van der Waals surface area contributed by atoms with Crippen molar-refractivity contribution in [2.24, 2.45) is 28.1 Å². The van der Waals surface area contributed by atoms with Crippen LogP contribution in [0.3, 0.4) is 0 Å². The summed E-state index contributed by atoms with van der Waals surface area (Å²) in [6.07, 6.45) is 12.9. The minimum Gasteiger partial charge on any atom is -0.388 e. The molecule has 1 aromatic carbocycles. The molecule has 3 aliphatic rings. The van der Waals surface area contributed by atoms with Crippen molar-refractivity contribution >= 4 is 0 Å². The zero-order valence-electron chi connectivity index (χ0n) is 17.4. The summed E-state index contributed by atoms with van der Waals surface area (Å²) in [5.74, 6) is 1.27. The molecule has 0 amide bonds. The lowest BCUT2D eigenvalue weighted by Gasteiger charge is -2.60. The van der Waals surface area contributed by atoms with Gasteiger partial charge in [0.2, 0.25) is 0 Å². The number of aliphatic hydroxyl groups is 1. The van der Waals surface area contributed by atoms with E-state index in [2.05, 4.69) is 63.8 Å².